The molecule has 0 fully saturated rings. The van der Waals surface area contributed by atoms with Crippen molar-refractivity contribution in [1.82, 2.24) is 9.97 Å². The molecule has 0 unspecified atom stereocenters. The van der Waals surface area contributed by atoms with E-state index in [1.165, 1.54) is 42.1 Å². The zero-order valence-electron chi connectivity index (χ0n) is 20.8. The Bertz CT molecular complexity index is 2210. The second-order valence-electron chi connectivity index (χ2n) is 9.81. The number of hydrogen-bond donors (Lipinski definition) is 0. The van der Waals surface area contributed by atoms with Crippen LogP contribution in [0.4, 0.5) is 0 Å². The van der Waals surface area contributed by atoms with Crippen molar-refractivity contribution in [2.75, 3.05) is 0 Å². The van der Waals surface area contributed by atoms with Crippen LogP contribution in [0.25, 0.3) is 75.1 Å². The second-order valence-corrected chi connectivity index (χ2v) is 10.9. The zero-order valence-corrected chi connectivity index (χ0v) is 21.6. The van der Waals surface area contributed by atoms with E-state index in [1.807, 2.05) is 11.3 Å². The first kappa shape index (κ1) is 21.5. The lowest BCUT2D eigenvalue weighted by molar-refractivity contribution is 1.20. The summed E-state index contributed by atoms with van der Waals surface area (Å²) in [5.74, 6) is 0. The average molecular weight is 503 g/mol. The van der Waals surface area contributed by atoms with Crippen LogP contribution < -0.4 is 0 Å². The Labute approximate surface area is 223 Å². The van der Waals surface area contributed by atoms with Crippen molar-refractivity contribution < 1.29 is 0 Å². The van der Waals surface area contributed by atoms with Crippen molar-refractivity contribution in [2.24, 2.45) is 0 Å². The van der Waals surface area contributed by atoms with Crippen molar-refractivity contribution in [3.63, 3.8) is 0 Å². The van der Waals surface area contributed by atoms with Crippen LogP contribution in [0.15, 0.2) is 115 Å². The van der Waals surface area contributed by atoms with E-state index in [0.717, 1.165) is 38.8 Å². The largest absolute Gasteiger partial charge is 0.249 e. The van der Waals surface area contributed by atoms with Gasteiger partial charge in [-0.3, -0.25) is 0 Å². The molecule has 8 rings (SSSR count). The average Bonchev–Trinajstić information content (AvgIpc) is 3.36. The van der Waals surface area contributed by atoms with Crippen LogP contribution in [0.5, 0.6) is 0 Å². The standard InChI is InChI=1S/C35H22N2S/c1-21-32(37-34-29-16-5-3-13-26(29)25-12-2-4-15-28(25)33(34)36-21)23-11-8-10-22(20-23)24-17-9-18-30-27-14-6-7-19-31(27)38-35(24)30/h2-20H,1H3. The number of nitrogens with zero attached hydrogens (tertiary/aromatic N) is 2. The molecule has 0 atom stereocenters. The number of hydrogen-bond acceptors (Lipinski definition) is 3. The second kappa shape index (κ2) is 8.20. The van der Waals surface area contributed by atoms with Gasteiger partial charge >= 0.3 is 0 Å². The van der Waals surface area contributed by atoms with Gasteiger partial charge in [0.1, 0.15) is 0 Å². The van der Waals surface area contributed by atoms with E-state index in [1.54, 1.807) is 0 Å². The minimum Gasteiger partial charge on any atom is -0.249 e. The number of aryl methyl sites for hydroxylation is 1. The van der Waals surface area contributed by atoms with Crippen LogP contribution in [0, 0.1) is 6.92 Å². The van der Waals surface area contributed by atoms with E-state index in [9.17, 15) is 0 Å². The molecule has 2 aromatic heterocycles. The molecule has 38 heavy (non-hydrogen) atoms. The van der Waals surface area contributed by atoms with Crippen molar-refractivity contribution in [2.45, 2.75) is 6.92 Å². The van der Waals surface area contributed by atoms with Gasteiger partial charge in [-0.25, -0.2) is 9.97 Å². The zero-order chi connectivity index (χ0) is 25.2. The molecule has 0 saturated carbocycles. The van der Waals surface area contributed by atoms with Gasteiger partial charge in [-0.05, 0) is 41.0 Å². The molecular formula is C35H22N2S. The number of aromatic nitrogens is 2. The molecule has 0 aliphatic heterocycles. The molecule has 8 aromatic rings. The molecule has 0 spiro atoms. The summed E-state index contributed by atoms with van der Waals surface area (Å²) in [6.07, 6.45) is 0. The van der Waals surface area contributed by atoms with Gasteiger partial charge in [0.05, 0.1) is 22.4 Å². The first-order valence-electron chi connectivity index (χ1n) is 12.9. The van der Waals surface area contributed by atoms with Gasteiger partial charge in [-0.1, -0.05) is 103 Å². The van der Waals surface area contributed by atoms with Crippen LogP contribution >= 0.6 is 11.3 Å². The van der Waals surface area contributed by atoms with Gasteiger partial charge in [0.25, 0.3) is 0 Å². The Balaban J connectivity index is 1.37. The quantitative estimate of drug-likeness (QED) is 0.220. The van der Waals surface area contributed by atoms with E-state index in [2.05, 4.69) is 122 Å². The molecule has 2 nitrogen and oxygen atoms in total. The maximum atomic E-state index is 5.30. The molecular weight excluding hydrogens is 480 g/mol. The normalized spacial score (nSPS) is 11.8. The Morgan fingerprint density at radius 1 is 0.500 bits per heavy atom. The van der Waals surface area contributed by atoms with Crippen LogP contribution in [0.1, 0.15) is 5.69 Å². The van der Waals surface area contributed by atoms with Crippen molar-refractivity contribution >= 4 is 64.1 Å². The lowest BCUT2D eigenvalue weighted by Crippen LogP contribution is -1.97. The molecule has 2 heterocycles. The first-order chi connectivity index (χ1) is 18.8. The monoisotopic (exact) mass is 502 g/mol. The topological polar surface area (TPSA) is 25.8 Å². The lowest BCUT2D eigenvalue weighted by atomic mass is 9.97. The van der Waals surface area contributed by atoms with Gasteiger partial charge in [0.2, 0.25) is 0 Å². The fraction of sp³-hybridized carbons (Fsp3) is 0.0286. The lowest BCUT2D eigenvalue weighted by Gasteiger charge is -2.13. The molecule has 0 saturated heterocycles. The molecule has 3 heteroatoms. The van der Waals surface area contributed by atoms with Gasteiger partial charge < -0.3 is 0 Å². The minimum atomic E-state index is 0.934. The van der Waals surface area contributed by atoms with Crippen LogP contribution in [0.2, 0.25) is 0 Å². The highest BCUT2D eigenvalue weighted by molar-refractivity contribution is 7.26. The van der Waals surface area contributed by atoms with Gasteiger partial charge in [-0.2, -0.15) is 0 Å². The summed E-state index contributed by atoms with van der Waals surface area (Å²) in [7, 11) is 0. The van der Waals surface area contributed by atoms with E-state index in [4.69, 9.17) is 9.97 Å². The maximum Gasteiger partial charge on any atom is 0.0979 e. The molecule has 6 aromatic carbocycles. The molecule has 0 aliphatic carbocycles. The Kier molecular flexibility index (Phi) is 4.64. The highest BCUT2D eigenvalue weighted by Crippen LogP contribution is 2.41. The summed E-state index contributed by atoms with van der Waals surface area (Å²) in [6.45, 7) is 2.07. The third-order valence-corrected chi connectivity index (χ3v) is 8.80. The molecule has 0 N–H and O–H groups in total. The summed E-state index contributed by atoms with van der Waals surface area (Å²) < 4.78 is 2.64. The van der Waals surface area contributed by atoms with Crippen LogP contribution in [0.3, 0.4) is 0 Å². The smallest absolute Gasteiger partial charge is 0.0979 e. The third kappa shape index (κ3) is 3.12. The van der Waals surface area contributed by atoms with E-state index in [-0.39, 0.29) is 0 Å². The van der Waals surface area contributed by atoms with Gasteiger partial charge in [-0.15, -0.1) is 11.3 Å². The highest BCUT2D eigenvalue weighted by Gasteiger charge is 2.16. The molecule has 178 valence electrons. The predicted octanol–water partition coefficient (Wildman–Crippen LogP) is 9.95. The summed E-state index contributed by atoms with van der Waals surface area (Å²) in [6, 6.07) is 41.1. The van der Waals surface area contributed by atoms with Crippen LogP contribution in [-0.2, 0) is 0 Å². The number of fused-ring (bicyclic) bond motifs is 9. The number of rotatable bonds is 2. The minimum absolute atomic E-state index is 0.934. The molecule has 0 radical (unpaired) electrons. The van der Waals surface area contributed by atoms with Crippen LogP contribution in [-0.4, -0.2) is 9.97 Å². The molecule has 0 bridgehead atoms. The summed E-state index contributed by atoms with van der Waals surface area (Å²) in [5.41, 5.74) is 7.34. The third-order valence-electron chi connectivity index (χ3n) is 7.58. The van der Waals surface area contributed by atoms with Gasteiger partial charge in [0.15, 0.2) is 0 Å². The Hall–Kier alpha value is -4.60. The number of thiophene rings is 1. The summed E-state index contributed by atoms with van der Waals surface area (Å²) in [5, 5.41) is 7.35. The van der Waals surface area contributed by atoms with Crippen molar-refractivity contribution in [3.8, 4) is 22.4 Å². The summed E-state index contributed by atoms with van der Waals surface area (Å²) in [4.78, 5) is 10.4. The van der Waals surface area contributed by atoms with E-state index >= 15 is 0 Å². The highest BCUT2D eigenvalue weighted by atomic mass is 32.1. The predicted molar refractivity (Wildman–Crippen MR) is 163 cm³/mol. The van der Waals surface area contributed by atoms with E-state index in [0.29, 0.717) is 0 Å². The first-order valence-corrected chi connectivity index (χ1v) is 13.7. The van der Waals surface area contributed by atoms with Gasteiger partial charge in [0, 0.05) is 36.5 Å². The Morgan fingerprint density at radius 3 is 1.84 bits per heavy atom. The molecule has 0 aliphatic rings. The maximum absolute atomic E-state index is 5.30. The fourth-order valence-corrected chi connectivity index (χ4v) is 7.06. The Morgan fingerprint density at radius 2 is 1.08 bits per heavy atom. The number of benzene rings is 6. The molecule has 0 amide bonds. The summed E-state index contributed by atoms with van der Waals surface area (Å²) >= 11 is 1.86. The SMILES string of the molecule is Cc1nc2c3ccccc3c3ccccc3c2nc1-c1cccc(-c2cccc3c2sc2ccccc23)c1. The van der Waals surface area contributed by atoms with Crippen molar-refractivity contribution in [3.05, 3.63) is 121 Å². The fourth-order valence-electron chi connectivity index (χ4n) is 5.83. The van der Waals surface area contributed by atoms with E-state index < -0.39 is 0 Å². The van der Waals surface area contributed by atoms with Crippen molar-refractivity contribution in [1.29, 1.82) is 0 Å².